The number of hydrogen-bond acceptors (Lipinski definition) is 4. The molecule has 1 fully saturated rings. The molecule has 1 aliphatic heterocycles. The zero-order chi connectivity index (χ0) is 17.6. The van der Waals surface area contributed by atoms with E-state index < -0.39 is 0 Å². The van der Waals surface area contributed by atoms with Crippen molar-refractivity contribution in [3.05, 3.63) is 49.5 Å². The molecule has 0 bridgehead atoms. The van der Waals surface area contributed by atoms with E-state index in [2.05, 4.69) is 16.9 Å². The quantitative estimate of drug-likeness (QED) is 0.833. The Labute approximate surface area is 141 Å². The largest absolute Gasteiger partial charge is 0.330 e. The van der Waals surface area contributed by atoms with E-state index in [4.69, 9.17) is 0 Å². The maximum absolute atomic E-state index is 12.1. The number of nitrogens with zero attached hydrogens (tertiary/aromatic N) is 5. The van der Waals surface area contributed by atoms with Gasteiger partial charge in [0, 0.05) is 56.7 Å². The standard InChI is InChI=1S/C17H25N5O2/c1-11-16(12(2)21(5)18-11)14-7-6-8-22(14)10-13-9-15(23)20(4)17(24)19(13)3/h9,14H,6-8,10H2,1-5H3/t14-/m1/s1. The molecule has 0 unspecified atom stereocenters. The molecule has 0 radical (unpaired) electrons. The molecule has 0 aliphatic carbocycles. The molecule has 0 spiro atoms. The summed E-state index contributed by atoms with van der Waals surface area (Å²) in [5.41, 5.74) is 3.75. The highest BCUT2D eigenvalue weighted by Crippen LogP contribution is 2.36. The van der Waals surface area contributed by atoms with Crippen molar-refractivity contribution in [1.82, 2.24) is 23.8 Å². The molecule has 0 saturated carbocycles. The fourth-order valence-corrected chi connectivity index (χ4v) is 3.75. The fourth-order valence-electron chi connectivity index (χ4n) is 3.75. The number of rotatable bonds is 3. The summed E-state index contributed by atoms with van der Waals surface area (Å²) in [6.45, 7) is 5.70. The van der Waals surface area contributed by atoms with Crippen LogP contribution in [0.4, 0.5) is 0 Å². The van der Waals surface area contributed by atoms with Gasteiger partial charge >= 0.3 is 5.69 Å². The molecule has 2 aromatic rings. The summed E-state index contributed by atoms with van der Waals surface area (Å²) in [7, 11) is 5.20. The minimum Gasteiger partial charge on any atom is -0.299 e. The topological polar surface area (TPSA) is 65.1 Å². The van der Waals surface area contributed by atoms with Gasteiger partial charge < -0.3 is 0 Å². The molecule has 24 heavy (non-hydrogen) atoms. The predicted octanol–water partition coefficient (Wildman–Crippen LogP) is 0.771. The summed E-state index contributed by atoms with van der Waals surface area (Å²) in [6, 6.07) is 1.86. The third-order valence-electron chi connectivity index (χ3n) is 5.25. The van der Waals surface area contributed by atoms with Crippen molar-refractivity contribution in [2.24, 2.45) is 21.1 Å². The van der Waals surface area contributed by atoms with Crippen LogP contribution in [0.3, 0.4) is 0 Å². The third kappa shape index (κ3) is 2.62. The molecular weight excluding hydrogens is 306 g/mol. The van der Waals surface area contributed by atoms with Gasteiger partial charge in [-0.3, -0.25) is 23.5 Å². The van der Waals surface area contributed by atoms with E-state index in [1.54, 1.807) is 17.7 Å². The SMILES string of the molecule is Cc1nn(C)c(C)c1[C@H]1CCCN1Cc1cc(=O)n(C)c(=O)n1C. The summed E-state index contributed by atoms with van der Waals surface area (Å²) >= 11 is 0. The molecule has 0 aromatic carbocycles. The van der Waals surface area contributed by atoms with Gasteiger partial charge in [0.1, 0.15) is 0 Å². The van der Waals surface area contributed by atoms with Crippen LogP contribution in [0.25, 0.3) is 0 Å². The van der Waals surface area contributed by atoms with Crippen molar-refractivity contribution < 1.29 is 0 Å². The van der Waals surface area contributed by atoms with Gasteiger partial charge in [0.25, 0.3) is 5.56 Å². The van der Waals surface area contributed by atoms with Crippen LogP contribution in [0.1, 0.15) is 41.5 Å². The Hall–Kier alpha value is -2.15. The maximum atomic E-state index is 12.1. The molecule has 3 heterocycles. The van der Waals surface area contributed by atoms with Crippen LogP contribution in [-0.2, 0) is 27.7 Å². The third-order valence-corrected chi connectivity index (χ3v) is 5.25. The highest BCUT2D eigenvalue weighted by Gasteiger charge is 2.30. The molecule has 7 heteroatoms. The maximum Gasteiger partial charge on any atom is 0.330 e. The first-order valence-corrected chi connectivity index (χ1v) is 8.31. The summed E-state index contributed by atoms with van der Waals surface area (Å²) in [5, 5.41) is 4.54. The second-order valence-corrected chi connectivity index (χ2v) is 6.71. The zero-order valence-electron chi connectivity index (χ0n) is 15.0. The number of aromatic nitrogens is 4. The first-order chi connectivity index (χ1) is 11.3. The average Bonchev–Trinajstić information content (AvgIpc) is 3.07. The lowest BCUT2D eigenvalue weighted by molar-refractivity contribution is 0.240. The number of aryl methyl sites for hydroxylation is 2. The van der Waals surface area contributed by atoms with Crippen LogP contribution in [0.15, 0.2) is 15.7 Å². The number of likely N-dealkylation sites (tertiary alicyclic amines) is 1. The Kier molecular flexibility index (Phi) is 4.21. The zero-order valence-corrected chi connectivity index (χ0v) is 15.0. The van der Waals surface area contributed by atoms with E-state index in [1.165, 1.54) is 18.3 Å². The Morgan fingerprint density at radius 2 is 1.88 bits per heavy atom. The van der Waals surface area contributed by atoms with Gasteiger partial charge in [-0.2, -0.15) is 5.10 Å². The van der Waals surface area contributed by atoms with Crippen LogP contribution in [-0.4, -0.2) is 30.4 Å². The number of hydrogen-bond donors (Lipinski definition) is 0. The fraction of sp³-hybridized carbons (Fsp3) is 0.588. The van der Waals surface area contributed by atoms with Crippen LogP contribution in [0.5, 0.6) is 0 Å². The lowest BCUT2D eigenvalue weighted by Gasteiger charge is -2.26. The minimum atomic E-state index is -0.276. The van der Waals surface area contributed by atoms with E-state index in [0.717, 1.165) is 35.3 Å². The van der Waals surface area contributed by atoms with Gasteiger partial charge in [0.15, 0.2) is 0 Å². The van der Waals surface area contributed by atoms with E-state index in [0.29, 0.717) is 6.54 Å². The molecule has 1 saturated heterocycles. The van der Waals surface area contributed by atoms with Gasteiger partial charge in [-0.25, -0.2) is 4.79 Å². The Morgan fingerprint density at radius 1 is 1.17 bits per heavy atom. The van der Waals surface area contributed by atoms with Gasteiger partial charge in [0.05, 0.1) is 5.69 Å². The summed E-state index contributed by atoms with van der Waals surface area (Å²) < 4.78 is 4.63. The predicted molar refractivity (Wildman–Crippen MR) is 92.0 cm³/mol. The van der Waals surface area contributed by atoms with Crippen LogP contribution >= 0.6 is 0 Å². The minimum absolute atomic E-state index is 0.252. The molecular formula is C17H25N5O2. The second kappa shape index (κ2) is 6.05. The first-order valence-electron chi connectivity index (χ1n) is 8.31. The van der Waals surface area contributed by atoms with Crippen molar-refractivity contribution >= 4 is 0 Å². The lowest BCUT2D eigenvalue weighted by atomic mass is 10.0. The summed E-state index contributed by atoms with van der Waals surface area (Å²) in [6.07, 6.45) is 2.18. The van der Waals surface area contributed by atoms with Gasteiger partial charge in [-0.05, 0) is 33.2 Å². The molecule has 2 aromatic heterocycles. The smallest absolute Gasteiger partial charge is 0.299 e. The van der Waals surface area contributed by atoms with E-state index in [9.17, 15) is 9.59 Å². The van der Waals surface area contributed by atoms with Gasteiger partial charge in [-0.1, -0.05) is 0 Å². The van der Waals surface area contributed by atoms with E-state index in [1.807, 2.05) is 18.7 Å². The lowest BCUT2D eigenvalue weighted by Crippen LogP contribution is -2.39. The monoisotopic (exact) mass is 331 g/mol. The normalized spacial score (nSPS) is 18.5. The van der Waals surface area contributed by atoms with Crippen molar-refractivity contribution in [3.8, 4) is 0 Å². The molecule has 3 rings (SSSR count). The Morgan fingerprint density at radius 3 is 2.50 bits per heavy atom. The van der Waals surface area contributed by atoms with Crippen molar-refractivity contribution in [3.63, 3.8) is 0 Å². The molecule has 130 valence electrons. The average molecular weight is 331 g/mol. The second-order valence-electron chi connectivity index (χ2n) is 6.71. The van der Waals surface area contributed by atoms with Crippen LogP contribution in [0, 0.1) is 13.8 Å². The van der Waals surface area contributed by atoms with Gasteiger partial charge in [-0.15, -0.1) is 0 Å². The first kappa shape index (κ1) is 16.7. The molecule has 7 nitrogen and oxygen atoms in total. The molecule has 1 aliphatic rings. The van der Waals surface area contributed by atoms with Crippen molar-refractivity contribution in [1.29, 1.82) is 0 Å². The van der Waals surface area contributed by atoms with Crippen molar-refractivity contribution in [2.75, 3.05) is 6.54 Å². The van der Waals surface area contributed by atoms with Crippen LogP contribution in [0.2, 0.25) is 0 Å². The Balaban J connectivity index is 1.96. The summed E-state index contributed by atoms with van der Waals surface area (Å²) in [5.74, 6) is 0. The van der Waals surface area contributed by atoms with Crippen LogP contribution < -0.4 is 11.2 Å². The molecule has 0 amide bonds. The Bertz CT molecular complexity index is 890. The molecule has 0 N–H and O–H groups in total. The highest BCUT2D eigenvalue weighted by atomic mass is 16.2. The highest BCUT2D eigenvalue weighted by molar-refractivity contribution is 5.29. The van der Waals surface area contributed by atoms with E-state index in [-0.39, 0.29) is 17.3 Å². The van der Waals surface area contributed by atoms with Crippen molar-refractivity contribution in [2.45, 2.75) is 39.3 Å². The van der Waals surface area contributed by atoms with Gasteiger partial charge in [0.2, 0.25) is 0 Å². The molecule has 1 atom stereocenters. The summed E-state index contributed by atoms with van der Waals surface area (Å²) in [4.78, 5) is 26.5. The van der Waals surface area contributed by atoms with E-state index >= 15 is 0 Å².